The summed E-state index contributed by atoms with van der Waals surface area (Å²) in [5, 5.41) is 15.7. The van der Waals surface area contributed by atoms with Gasteiger partial charge in [-0.15, -0.1) is 0 Å². The van der Waals surface area contributed by atoms with Crippen molar-refractivity contribution in [1.29, 1.82) is 0 Å². The highest BCUT2D eigenvalue weighted by atomic mass is 16.5. The van der Waals surface area contributed by atoms with Crippen molar-refractivity contribution in [3.8, 4) is 5.75 Å². The number of guanidine groups is 1. The molecule has 1 rings (SSSR count). The van der Waals surface area contributed by atoms with E-state index in [0.717, 1.165) is 57.0 Å². The molecule has 0 amide bonds. The van der Waals surface area contributed by atoms with Crippen LogP contribution in [0, 0.1) is 5.92 Å². The predicted octanol–water partition coefficient (Wildman–Crippen LogP) is 2.81. The molecule has 0 fully saturated rings. The lowest BCUT2D eigenvalue weighted by Gasteiger charge is -2.15. The minimum atomic E-state index is 0.237. The van der Waals surface area contributed by atoms with Gasteiger partial charge in [0.05, 0.1) is 6.61 Å². The first kappa shape index (κ1) is 20.3. The smallest absolute Gasteiger partial charge is 0.191 e. The van der Waals surface area contributed by atoms with Gasteiger partial charge >= 0.3 is 0 Å². The van der Waals surface area contributed by atoms with Crippen molar-refractivity contribution in [2.24, 2.45) is 10.9 Å². The third-order valence-electron chi connectivity index (χ3n) is 3.71. The van der Waals surface area contributed by atoms with Crippen molar-refractivity contribution in [3.63, 3.8) is 0 Å². The lowest BCUT2D eigenvalue weighted by Crippen LogP contribution is -2.38. The summed E-state index contributed by atoms with van der Waals surface area (Å²) in [4.78, 5) is 4.65. The summed E-state index contributed by atoms with van der Waals surface area (Å²) >= 11 is 0. The molecule has 0 bridgehead atoms. The number of benzene rings is 1. The number of nitrogens with zero attached hydrogens (tertiary/aromatic N) is 1. The van der Waals surface area contributed by atoms with E-state index in [1.165, 1.54) is 0 Å². The number of nitrogens with one attached hydrogen (secondary N) is 2. The largest absolute Gasteiger partial charge is 0.494 e. The first-order valence-electron chi connectivity index (χ1n) is 9.11. The number of aliphatic hydroxyl groups is 1. The van der Waals surface area contributed by atoms with Gasteiger partial charge in [0.25, 0.3) is 0 Å². The van der Waals surface area contributed by atoms with E-state index in [1.807, 2.05) is 30.3 Å². The summed E-state index contributed by atoms with van der Waals surface area (Å²) < 4.78 is 5.68. The maximum absolute atomic E-state index is 9.13. The van der Waals surface area contributed by atoms with E-state index >= 15 is 0 Å². The van der Waals surface area contributed by atoms with Gasteiger partial charge in [-0.3, -0.25) is 4.99 Å². The van der Waals surface area contributed by atoms with Gasteiger partial charge in [-0.1, -0.05) is 31.5 Å². The maximum atomic E-state index is 9.13. The van der Waals surface area contributed by atoms with Crippen molar-refractivity contribution < 1.29 is 9.84 Å². The van der Waals surface area contributed by atoms with Crippen molar-refractivity contribution >= 4 is 5.96 Å². The molecule has 0 spiro atoms. The second kappa shape index (κ2) is 13.7. The van der Waals surface area contributed by atoms with Crippen LogP contribution in [0.15, 0.2) is 35.3 Å². The molecule has 1 aromatic carbocycles. The summed E-state index contributed by atoms with van der Waals surface area (Å²) in [5.41, 5.74) is 0. The van der Waals surface area contributed by atoms with E-state index in [0.29, 0.717) is 12.5 Å². The fourth-order valence-corrected chi connectivity index (χ4v) is 2.47. The second-order valence-electron chi connectivity index (χ2n) is 5.83. The summed E-state index contributed by atoms with van der Waals surface area (Å²) in [6.45, 7) is 7.56. The van der Waals surface area contributed by atoms with Crippen LogP contribution in [-0.4, -0.2) is 43.9 Å². The Morgan fingerprint density at radius 1 is 1.17 bits per heavy atom. The van der Waals surface area contributed by atoms with Crippen LogP contribution in [0.25, 0.3) is 0 Å². The lowest BCUT2D eigenvalue weighted by molar-refractivity contribution is 0.253. The van der Waals surface area contributed by atoms with Gasteiger partial charge in [0.2, 0.25) is 0 Å². The Morgan fingerprint density at radius 3 is 2.62 bits per heavy atom. The van der Waals surface area contributed by atoms with E-state index in [9.17, 15) is 0 Å². The highest BCUT2D eigenvalue weighted by Crippen LogP contribution is 2.11. The number of ether oxygens (including phenoxy) is 1. The van der Waals surface area contributed by atoms with Crippen LogP contribution < -0.4 is 15.4 Å². The zero-order valence-corrected chi connectivity index (χ0v) is 15.1. The molecular weight excluding hydrogens is 302 g/mol. The van der Waals surface area contributed by atoms with Gasteiger partial charge in [0, 0.05) is 26.2 Å². The van der Waals surface area contributed by atoms with E-state index in [-0.39, 0.29) is 6.61 Å². The quantitative estimate of drug-likeness (QED) is 0.312. The van der Waals surface area contributed by atoms with E-state index in [4.69, 9.17) is 9.84 Å². The minimum Gasteiger partial charge on any atom is -0.494 e. The number of aliphatic imine (C=N–C) groups is 1. The Kier molecular flexibility index (Phi) is 11.6. The van der Waals surface area contributed by atoms with Crippen LogP contribution in [0.2, 0.25) is 0 Å². The summed E-state index contributed by atoms with van der Waals surface area (Å²) in [6.07, 6.45) is 3.96. The molecule has 3 N–H and O–H groups in total. The molecule has 0 aromatic heterocycles. The van der Waals surface area contributed by atoms with Gasteiger partial charge < -0.3 is 20.5 Å². The molecule has 0 aliphatic heterocycles. The molecule has 0 aliphatic carbocycles. The molecule has 1 unspecified atom stereocenters. The molecule has 0 aliphatic rings. The normalized spacial score (nSPS) is 12.7. The molecule has 24 heavy (non-hydrogen) atoms. The van der Waals surface area contributed by atoms with Crippen LogP contribution in [0.3, 0.4) is 0 Å². The van der Waals surface area contributed by atoms with Gasteiger partial charge in [0.15, 0.2) is 5.96 Å². The standard InChI is InChI=1S/C19H33N3O2/c1-3-9-17(12-14-23)16-22-19(20-4-2)21-13-8-15-24-18-10-6-5-7-11-18/h5-7,10-11,17,23H,3-4,8-9,12-16H2,1-2H3,(H2,20,21,22). The Balaban J connectivity index is 2.29. The van der Waals surface area contributed by atoms with Crippen LogP contribution >= 0.6 is 0 Å². The van der Waals surface area contributed by atoms with Gasteiger partial charge in [-0.05, 0) is 44.2 Å². The fraction of sp³-hybridized carbons (Fsp3) is 0.632. The summed E-state index contributed by atoms with van der Waals surface area (Å²) in [6, 6.07) is 9.86. The average Bonchev–Trinajstić information content (AvgIpc) is 2.60. The van der Waals surface area contributed by atoms with E-state index < -0.39 is 0 Å². The summed E-state index contributed by atoms with van der Waals surface area (Å²) in [7, 11) is 0. The van der Waals surface area contributed by atoms with Crippen molar-refractivity contribution in [2.45, 2.75) is 39.5 Å². The Morgan fingerprint density at radius 2 is 1.96 bits per heavy atom. The molecule has 0 saturated carbocycles. The lowest BCUT2D eigenvalue weighted by atomic mass is 10.0. The molecule has 0 heterocycles. The monoisotopic (exact) mass is 335 g/mol. The fourth-order valence-electron chi connectivity index (χ4n) is 2.47. The van der Waals surface area contributed by atoms with Gasteiger partial charge in [-0.25, -0.2) is 0 Å². The minimum absolute atomic E-state index is 0.237. The highest BCUT2D eigenvalue weighted by molar-refractivity contribution is 5.79. The van der Waals surface area contributed by atoms with Crippen LogP contribution in [-0.2, 0) is 0 Å². The third-order valence-corrected chi connectivity index (χ3v) is 3.71. The number of hydrogen-bond acceptors (Lipinski definition) is 3. The van der Waals surface area contributed by atoms with Gasteiger partial charge in [-0.2, -0.15) is 0 Å². The van der Waals surface area contributed by atoms with Crippen molar-refractivity contribution in [2.75, 3.05) is 32.8 Å². The maximum Gasteiger partial charge on any atom is 0.191 e. The van der Waals surface area contributed by atoms with Crippen molar-refractivity contribution in [1.82, 2.24) is 10.6 Å². The Labute approximate surface area is 146 Å². The Hall–Kier alpha value is -1.75. The van der Waals surface area contributed by atoms with Crippen molar-refractivity contribution in [3.05, 3.63) is 30.3 Å². The van der Waals surface area contributed by atoms with E-state index in [1.54, 1.807) is 0 Å². The summed E-state index contributed by atoms with van der Waals surface area (Å²) in [5.74, 6) is 2.21. The first-order chi connectivity index (χ1) is 11.8. The molecular formula is C19H33N3O2. The number of aliphatic hydroxyl groups excluding tert-OH is 1. The molecule has 1 atom stereocenters. The molecule has 0 radical (unpaired) electrons. The number of hydrogen-bond donors (Lipinski definition) is 3. The molecule has 5 nitrogen and oxygen atoms in total. The molecule has 0 saturated heterocycles. The topological polar surface area (TPSA) is 65.9 Å². The zero-order valence-electron chi connectivity index (χ0n) is 15.1. The molecule has 5 heteroatoms. The second-order valence-corrected chi connectivity index (χ2v) is 5.83. The Bertz CT molecular complexity index is 431. The van der Waals surface area contributed by atoms with Gasteiger partial charge in [0.1, 0.15) is 5.75 Å². The van der Waals surface area contributed by atoms with Crippen LogP contribution in [0.1, 0.15) is 39.5 Å². The van der Waals surface area contributed by atoms with Crippen LogP contribution in [0.4, 0.5) is 0 Å². The SMILES string of the molecule is CCCC(CCO)CN=C(NCC)NCCCOc1ccccc1. The highest BCUT2D eigenvalue weighted by Gasteiger charge is 2.07. The molecule has 136 valence electrons. The number of para-hydroxylation sites is 1. The zero-order chi connectivity index (χ0) is 17.5. The van der Waals surface area contributed by atoms with E-state index in [2.05, 4.69) is 29.5 Å². The first-order valence-corrected chi connectivity index (χ1v) is 9.11. The number of rotatable bonds is 12. The van der Waals surface area contributed by atoms with Crippen LogP contribution in [0.5, 0.6) is 5.75 Å². The predicted molar refractivity (Wildman–Crippen MR) is 101 cm³/mol. The third kappa shape index (κ3) is 9.40. The molecule has 1 aromatic rings. The average molecular weight is 335 g/mol.